The Labute approximate surface area is 126 Å². The molecule has 0 aliphatic heterocycles. The first-order valence-corrected chi connectivity index (χ1v) is 7.11. The molecule has 1 atom stereocenters. The fourth-order valence-corrected chi connectivity index (χ4v) is 2.33. The van der Waals surface area contributed by atoms with E-state index in [1.165, 1.54) is 11.1 Å². The van der Waals surface area contributed by atoms with Gasteiger partial charge in [0, 0.05) is 11.7 Å². The second kappa shape index (κ2) is 6.53. The van der Waals surface area contributed by atoms with Crippen molar-refractivity contribution in [1.82, 2.24) is 0 Å². The molecule has 0 bridgehead atoms. The maximum Gasteiger partial charge on any atom is 0.161 e. The number of aryl methyl sites for hydroxylation is 2. The molecule has 0 amide bonds. The van der Waals surface area contributed by atoms with Crippen LogP contribution in [0.1, 0.15) is 29.7 Å². The molecule has 3 nitrogen and oxygen atoms in total. The van der Waals surface area contributed by atoms with Crippen LogP contribution in [-0.4, -0.2) is 14.2 Å². The van der Waals surface area contributed by atoms with E-state index >= 15 is 0 Å². The summed E-state index contributed by atoms with van der Waals surface area (Å²) in [5.74, 6) is 1.50. The number of benzene rings is 2. The molecule has 2 aromatic rings. The Balaban J connectivity index is 2.24. The molecule has 0 saturated carbocycles. The monoisotopic (exact) mass is 285 g/mol. The Bertz CT molecular complexity index is 623. The normalized spacial score (nSPS) is 11.9. The van der Waals surface area contributed by atoms with Gasteiger partial charge in [-0.25, -0.2) is 0 Å². The zero-order chi connectivity index (χ0) is 15.4. The lowest BCUT2D eigenvalue weighted by Gasteiger charge is -2.19. The van der Waals surface area contributed by atoms with E-state index in [4.69, 9.17) is 9.47 Å². The third kappa shape index (κ3) is 3.48. The third-order valence-electron chi connectivity index (χ3n) is 3.67. The van der Waals surface area contributed by atoms with Gasteiger partial charge in [0.1, 0.15) is 0 Å². The molecule has 0 radical (unpaired) electrons. The molecular formula is C18H23NO2. The molecule has 0 aliphatic carbocycles. The number of nitrogens with one attached hydrogen (secondary N) is 1. The summed E-state index contributed by atoms with van der Waals surface area (Å²) >= 11 is 0. The Morgan fingerprint density at radius 2 is 1.62 bits per heavy atom. The van der Waals surface area contributed by atoms with Gasteiger partial charge in [-0.3, -0.25) is 0 Å². The van der Waals surface area contributed by atoms with Crippen molar-refractivity contribution in [3.63, 3.8) is 0 Å². The van der Waals surface area contributed by atoms with Gasteiger partial charge in [0.2, 0.25) is 0 Å². The predicted octanol–water partition coefficient (Wildman–Crippen LogP) is 4.49. The molecule has 0 aromatic heterocycles. The molecule has 2 aromatic carbocycles. The van der Waals surface area contributed by atoms with Gasteiger partial charge >= 0.3 is 0 Å². The largest absolute Gasteiger partial charge is 0.493 e. The van der Waals surface area contributed by atoms with Crippen LogP contribution < -0.4 is 14.8 Å². The standard InChI is InChI=1S/C18H23NO2/c1-12-6-7-13(2)16(10-12)19-14(3)15-8-9-17(20-4)18(11-15)21-5/h6-11,14,19H,1-5H3. The first-order chi connectivity index (χ1) is 10.0. The van der Waals surface area contributed by atoms with E-state index in [2.05, 4.69) is 50.4 Å². The average molecular weight is 285 g/mol. The maximum atomic E-state index is 5.37. The van der Waals surface area contributed by atoms with E-state index in [9.17, 15) is 0 Å². The van der Waals surface area contributed by atoms with E-state index in [0.29, 0.717) is 0 Å². The molecule has 0 aliphatic rings. The number of rotatable bonds is 5. The van der Waals surface area contributed by atoms with Crippen LogP contribution >= 0.6 is 0 Å². The minimum Gasteiger partial charge on any atom is -0.493 e. The number of ether oxygens (including phenoxy) is 2. The number of hydrogen-bond acceptors (Lipinski definition) is 3. The molecule has 0 spiro atoms. The summed E-state index contributed by atoms with van der Waals surface area (Å²) in [7, 11) is 3.31. The van der Waals surface area contributed by atoms with E-state index in [-0.39, 0.29) is 6.04 Å². The zero-order valence-electron chi connectivity index (χ0n) is 13.4. The lowest BCUT2D eigenvalue weighted by Crippen LogP contribution is -2.08. The third-order valence-corrected chi connectivity index (χ3v) is 3.67. The second-order valence-corrected chi connectivity index (χ2v) is 5.30. The van der Waals surface area contributed by atoms with Crippen molar-refractivity contribution in [2.24, 2.45) is 0 Å². The van der Waals surface area contributed by atoms with Crippen molar-refractivity contribution in [1.29, 1.82) is 0 Å². The summed E-state index contributed by atoms with van der Waals surface area (Å²) in [6, 6.07) is 12.6. The fraction of sp³-hybridized carbons (Fsp3) is 0.333. The first kappa shape index (κ1) is 15.2. The smallest absolute Gasteiger partial charge is 0.161 e. The molecule has 21 heavy (non-hydrogen) atoms. The van der Waals surface area contributed by atoms with Gasteiger partial charge < -0.3 is 14.8 Å². The van der Waals surface area contributed by atoms with Crippen LogP contribution in [-0.2, 0) is 0 Å². The summed E-state index contributed by atoms with van der Waals surface area (Å²) in [4.78, 5) is 0. The minimum absolute atomic E-state index is 0.185. The van der Waals surface area contributed by atoms with Gasteiger partial charge in [0.05, 0.1) is 14.2 Å². The molecular weight excluding hydrogens is 262 g/mol. The molecule has 2 rings (SSSR count). The average Bonchev–Trinajstić information content (AvgIpc) is 2.50. The molecule has 112 valence electrons. The Morgan fingerprint density at radius 3 is 2.29 bits per heavy atom. The van der Waals surface area contributed by atoms with Crippen LogP contribution in [0.25, 0.3) is 0 Å². The summed E-state index contributed by atoms with van der Waals surface area (Å²) in [6.45, 7) is 6.36. The van der Waals surface area contributed by atoms with Crippen molar-refractivity contribution < 1.29 is 9.47 Å². The van der Waals surface area contributed by atoms with Crippen LogP contribution in [0, 0.1) is 13.8 Å². The molecule has 1 unspecified atom stereocenters. The van der Waals surface area contributed by atoms with Gasteiger partial charge in [-0.15, -0.1) is 0 Å². The summed E-state index contributed by atoms with van der Waals surface area (Å²) in [6.07, 6.45) is 0. The second-order valence-electron chi connectivity index (χ2n) is 5.30. The van der Waals surface area contributed by atoms with Gasteiger partial charge in [-0.2, -0.15) is 0 Å². The Kier molecular flexibility index (Phi) is 4.73. The van der Waals surface area contributed by atoms with E-state index in [1.807, 2.05) is 12.1 Å². The molecule has 3 heteroatoms. The molecule has 1 N–H and O–H groups in total. The van der Waals surface area contributed by atoms with Crippen molar-refractivity contribution in [3.05, 3.63) is 53.1 Å². The van der Waals surface area contributed by atoms with Gasteiger partial charge in [-0.1, -0.05) is 18.2 Å². The lowest BCUT2D eigenvalue weighted by molar-refractivity contribution is 0.354. The highest BCUT2D eigenvalue weighted by atomic mass is 16.5. The van der Waals surface area contributed by atoms with Gasteiger partial charge in [0.25, 0.3) is 0 Å². The van der Waals surface area contributed by atoms with E-state index < -0.39 is 0 Å². The van der Waals surface area contributed by atoms with Crippen LogP contribution in [0.15, 0.2) is 36.4 Å². The van der Waals surface area contributed by atoms with Crippen LogP contribution in [0.2, 0.25) is 0 Å². The Morgan fingerprint density at radius 1 is 0.905 bits per heavy atom. The molecule has 0 heterocycles. The molecule has 0 saturated heterocycles. The highest BCUT2D eigenvalue weighted by Crippen LogP contribution is 2.31. The van der Waals surface area contributed by atoms with Gasteiger partial charge in [0.15, 0.2) is 11.5 Å². The van der Waals surface area contributed by atoms with Crippen LogP contribution in [0.4, 0.5) is 5.69 Å². The van der Waals surface area contributed by atoms with Crippen molar-refractivity contribution in [2.45, 2.75) is 26.8 Å². The zero-order valence-corrected chi connectivity index (χ0v) is 13.4. The van der Waals surface area contributed by atoms with E-state index in [1.54, 1.807) is 14.2 Å². The summed E-state index contributed by atoms with van der Waals surface area (Å²) < 4.78 is 10.6. The Hall–Kier alpha value is -2.16. The maximum absolute atomic E-state index is 5.37. The summed E-state index contributed by atoms with van der Waals surface area (Å²) in [5, 5.41) is 3.56. The lowest BCUT2D eigenvalue weighted by atomic mass is 10.1. The minimum atomic E-state index is 0.185. The molecule has 0 fully saturated rings. The van der Waals surface area contributed by atoms with Gasteiger partial charge in [-0.05, 0) is 55.7 Å². The van der Waals surface area contributed by atoms with Crippen LogP contribution in [0.5, 0.6) is 11.5 Å². The van der Waals surface area contributed by atoms with Crippen LogP contribution in [0.3, 0.4) is 0 Å². The van der Waals surface area contributed by atoms with Crippen molar-refractivity contribution in [3.8, 4) is 11.5 Å². The van der Waals surface area contributed by atoms with Crippen molar-refractivity contribution >= 4 is 5.69 Å². The van der Waals surface area contributed by atoms with Crippen molar-refractivity contribution in [2.75, 3.05) is 19.5 Å². The first-order valence-electron chi connectivity index (χ1n) is 7.11. The quantitative estimate of drug-likeness (QED) is 0.877. The number of hydrogen-bond donors (Lipinski definition) is 1. The predicted molar refractivity (Wildman–Crippen MR) is 87.5 cm³/mol. The number of anilines is 1. The topological polar surface area (TPSA) is 30.5 Å². The highest BCUT2D eigenvalue weighted by Gasteiger charge is 2.11. The van der Waals surface area contributed by atoms with E-state index in [0.717, 1.165) is 22.7 Å². The summed E-state index contributed by atoms with van der Waals surface area (Å²) in [5.41, 5.74) is 4.82. The fourth-order valence-electron chi connectivity index (χ4n) is 2.33. The SMILES string of the molecule is COc1ccc(C(C)Nc2cc(C)ccc2C)cc1OC. The number of methoxy groups -OCH3 is 2. The highest BCUT2D eigenvalue weighted by molar-refractivity contribution is 5.54.